The number of nitrogens with one attached hydrogen (secondary N) is 3. The monoisotopic (exact) mass is 952 g/mol. The minimum Gasteiger partial charge on any atom is -0.451 e. The van der Waals surface area contributed by atoms with E-state index in [0.717, 1.165) is 146 Å². The molecule has 1 spiro atoms. The van der Waals surface area contributed by atoms with Crippen LogP contribution in [0.15, 0.2) is 55.0 Å². The quantitative estimate of drug-likeness (QED) is 0.130. The number of fused-ring (bicyclic) bond motifs is 1. The minimum absolute atomic E-state index is 0.0692. The SMILES string of the molecule is CS(=O)(=O)NC1CCC(CN2CCC3(CC2)CN(c2ncncc2Oc2ccccc2C(=O)NCCCCCCN2CCN(c4ccc5c(c4)C(=O)N(C4CCC(=O)NC4=O)C5=O)CC2)C3)CC1. The van der Waals surface area contributed by atoms with Crippen LogP contribution in [-0.4, -0.2) is 153 Å². The van der Waals surface area contributed by atoms with Gasteiger partial charge in [0.05, 0.1) is 29.1 Å². The molecule has 3 aromatic rings. The van der Waals surface area contributed by atoms with Crippen LogP contribution in [0.1, 0.15) is 108 Å². The number of amides is 5. The second kappa shape index (κ2) is 20.6. The number of sulfonamides is 1. The topological polar surface area (TPSA) is 207 Å². The van der Waals surface area contributed by atoms with Crippen molar-refractivity contribution in [3.05, 3.63) is 71.7 Å². The standard InChI is InChI=1S/C49H64N10O8S/c1-68(65,66)54-35-12-10-34(11-13-35)30-56-22-18-49(19-23-56)31-58(32-49)44-42(29-50-33-52-44)67-41-9-5-4-8-38(41)45(61)51-20-6-2-3-7-21-55-24-26-57(27-25-55)36-14-15-37-39(28-36)48(64)59(47(37)63)40-16-17-43(60)53-46(40)62/h4-5,8-9,14-15,28-29,33-35,40,54H,2-3,6-7,10-13,16-27,30-32H2,1H3,(H,51,61)(H,53,60,62). The number of rotatable bonds is 17. The molecule has 6 aliphatic rings. The summed E-state index contributed by atoms with van der Waals surface area (Å²) < 4.78 is 32.5. The van der Waals surface area contributed by atoms with Crippen LogP contribution in [0.25, 0.3) is 0 Å². The Balaban J connectivity index is 0.665. The van der Waals surface area contributed by atoms with Crippen LogP contribution in [-0.2, 0) is 19.6 Å². The molecule has 1 saturated carbocycles. The summed E-state index contributed by atoms with van der Waals surface area (Å²) in [6.07, 6.45) is 14.8. The molecule has 68 heavy (non-hydrogen) atoms. The van der Waals surface area contributed by atoms with Gasteiger partial charge in [-0.15, -0.1) is 0 Å². The Bertz CT molecular complexity index is 2480. The third kappa shape index (κ3) is 11.0. The third-order valence-electron chi connectivity index (χ3n) is 14.9. The molecule has 0 radical (unpaired) electrons. The van der Waals surface area contributed by atoms with E-state index in [9.17, 15) is 32.4 Å². The van der Waals surface area contributed by atoms with Gasteiger partial charge in [0.1, 0.15) is 18.1 Å². The number of nitrogens with zero attached hydrogens (tertiary/aromatic N) is 7. The lowest BCUT2D eigenvalue weighted by Crippen LogP contribution is -2.61. The van der Waals surface area contributed by atoms with E-state index in [1.165, 1.54) is 6.26 Å². The molecule has 5 amide bonds. The summed E-state index contributed by atoms with van der Waals surface area (Å²) in [6, 6.07) is 11.7. The van der Waals surface area contributed by atoms with Gasteiger partial charge < -0.3 is 24.8 Å². The number of likely N-dealkylation sites (tertiary alicyclic amines) is 1. The molecule has 0 bridgehead atoms. The molecule has 19 heteroatoms. The van der Waals surface area contributed by atoms with Gasteiger partial charge in [0.15, 0.2) is 11.6 Å². The van der Waals surface area contributed by atoms with E-state index in [0.29, 0.717) is 35.1 Å². The first kappa shape index (κ1) is 47.6. The average molecular weight is 953 g/mol. The highest BCUT2D eigenvalue weighted by Gasteiger charge is 2.47. The Morgan fingerprint density at radius 2 is 1.56 bits per heavy atom. The fourth-order valence-electron chi connectivity index (χ4n) is 11.0. The summed E-state index contributed by atoms with van der Waals surface area (Å²) in [5.41, 5.74) is 2.16. The summed E-state index contributed by atoms with van der Waals surface area (Å²) >= 11 is 0. The predicted octanol–water partition coefficient (Wildman–Crippen LogP) is 3.79. The van der Waals surface area contributed by atoms with Crippen molar-refractivity contribution in [2.45, 2.75) is 89.1 Å². The summed E-state index contributed by atoms with van der Waals surface area (Å²) in [4.78, 5) is 83.4. The van der Waals surface area contributed by atoms with E-state index in [-0.39, 0.29) is 35.8 Å². The normalized spacial score (nSPS) is 23.4. The molecular weight excluding hydrogens is 889 g/mol. The van der Waals surface area contributed by atoms with Crippen molar-refractivity contribution >= 4 is 51.1 Å². The van der Waals surface area contributed by atoms with E-state index in [2.05, 4.69) is 44.9 Å². The smallest absolute Gasteiger partial charge is 0.262 e. The zero-order chi connectivity index (χ0) is 47.4. The maximum atomic E-state index is 13.4. The van der Waals surface area contributed by atoms with E-state index in [4.69, 9.17) is 4.74 Å². The summed E-state index contributed by atoms with van der Waals surface area (Å²) in [5, 5.41) is 5.33. The molecular formula is C49H64N10O8S. The van der Waals surface area contributed by atoms with E-state index in [1.807, 2.05) is 18.2 Å². The number of anilines is 2. The Kier molecular flexibility index (Phi) is 14.4. The maximum absolute atomic E-state index is 13.4. The van der Waals surface area contributed by atoms with Crippen molar-refractivity contribution in [2.24, 2.45) is 11.3 Å². The zero-order valence-corrected chi connectivity index (χ0v) is 39.8. The maximum Gasteiger partial charge on any atom is 0.262 e. The number of benzene rings is 2. The van der Waals surface area contributed by atoms with Crippen LogP contribution in [0.4, 0.5) is 11.5 Å². The second-order valence-corrected chi connectivity index (χ2v) is 21.5. The summed E-state index contributed by atoms with van der Waals surface area (Å²) in [7, 11) is -3.16. The number of hydrogen-bond acceptors (Lipinski definition) is 14. The molecule has 6 heterocycles. The first-order chi connectivity index (χ1) is 32.8. The lowest BCUT2D eigenvalue weighted by atomic mass is 9.71. The van der Waals surface area contributed by atoms with E-state index < -0.39 is 39.7 Å². The molecule has 364 valence electrons. The Morgan fingerprint density at radius 1 is 0.824 bits per heavy atom. The van der Waals surface area contributed by atoms with Crippen molar-refractivity contribution in [2.75, 3.05) is 88.0 Å². The van der Waals surface area contributed by atoms with Gasteiger partial charge in [-0.2, -0.15) is 0 Å². The molecule has 9 rings (SSSR count). The van der Waals surface area contributed by atoms with Crippen molar-refractivity contribution < 1.29 is 37.1 Å². The number of piperidine rings is 2. The fraction of sp³-hybridized carbons (Fsp3) is 0.571. The van der Waals surface area contributed by atoms with Crippen molar-refractivity contribution in [1.82, 2.24) is 40.0 Å². The molecule has 5 aliphatic heterocycles. The molecule has 3 N–H and O–H groups in total. The Morgan fingerprint density at radius 3 is 2.31 bits per heavy atom. The predicted molar refractivity (Wildman–Crippen MR) is 255 cm³/mol. The Labute approximate surface area is 398 Å². The number of hydrogen-bond donors (Lipinski definition) is 3. The average Bonchev–Trinajstić information content (AvgIpc) is 3.56. The number of imide groups is 2. The highest BCUT2D eigenvalue weighted by Crippen LogP contribution is 2.45. The van der Waals surface area contributed by atoms with Gasteiger partial charge in [0, 0.05) is 75.9 Å². The molecule has 1 unspecified atom stereocenters. The van der Waals surface area contributed by atoms with E-state index in [1.54, 1.807) is 36.8 Å². The lowest BCUT2D eigenvalue weighted by molar-refractivity contribution is -0.136. The molecule has 5 fully saturated rings. The second-order valence-electron chi connectivity index (χ2n) is 19.7. The minimum atomic E-state index is -3.16. The van der Waals surface area contributed by atoms with Crippen LogP contribution in [0, 0.1) is 11.3 Å². The van der Waals surface area contributed by atoms with Crippen LogP contribution >= 0.6 is 0 Å². The molecule has 18 nitrogen and oxygen atoms in total. The van der Waals surface area contributed by atoms with Crippen LogP contribution in [0.2, 0.25) is 0 Å². The number of ether oxygens (including phenoxy) is 1. The molecule has 2 aromatic carbocycles. The number of carbonyl (C=O) groups excluding carboxylic acids is 5. The van der Waals surface area contributed by atoms with Gasteiger partial charge in [-0.05, 0) is 114 Å². The molecule has 1 aliphatic carbocycles. The number of piperazine rings is 1. The number of aromatic nitrogens is 2. The first-order valence-electron chi connectivity index (χ1n) is 24.4. The van der Waals surface area contributed by atoms with Gasteiger partial charge in [-0.3, -0.25) is 39.1 Å². The largest absolute Gasteiger partial charge is 0.451 e. The van der Waals surface area contributed by atoms with Crippen molar-refractivity contribution in [1.29, 1.82) is 0 Å². The van der Waals surface area contributed by atoms with Crippen molar-refractivity contribution in [3.63, 3.8) is 0 Å². The summed E-state index contributed by atoms with van der Waals surface area (Å²) in [5.74, 6) is 0.155. The fourth-order valence-corrected chi connectivity index (χ4v) is 11.9. The van der Waals surface area contributed by atoms with Crippen LogP contribution in [0.5, 0.6) is 11.5 Å². The lowest BCUT2D eigenvalue weighted by Gasteiger charge is -2.54. The molecule has 1 aromatic heterocycles. The van der Waals surface area contributed by atoms with Crippen LogP contribution < -0.4 is 29.9 Å². The number of unbranched alkanes of at least 4 members (excludes halogenated alkanes) is 3. The third-order valence-corrected chi connectivity index (χ3v) is 15.6. The molecule has 4 saturated heterocycles. The van der Waals surface area contributed by atoms with Crippen LogP contribution in [0.3, 0.4) is 0 Å². The van der Waals surface area contributed by atoms with E-state index >= 15 is 0 Å². The molecule has 1 atom stereocenters. The van der Waals surface area contributed by atoms with Gasteiger partial charge in [-0.25, -0.2) is 23.1 Å². The van der Waals surface area contributed by atoms with Gasteiger partial charge in [0.2, 0.25) is 21.8 Å². The highest BCUT2D eigenvalue weighted by atomic mass is 32.2. The summed E-state index contributed by atoms with van der Waals surface area (Å²) in [6.45, 7) is 9.87. The Hall–Kier alpha value is -5.50. The van der Waals surface area contributed by atoms with Gasteiger partial charge in [0.25, 0.3) is 17.7 Å². The van der Waals surface area contributed by atoms with Gasteiger partial charge in [-0.1, -0.05) is 25.0 Å². The zero-order valence-electron chi connectivity index (χ0n) is 39.0. The first-order valence-corrected chi connectivity index (χ1v) is 26.3. The van der Waals surface area contributed by atoms with Crippen molar-refractivity contribution in [3.8, 4) is 11.5 Å². The highest BCUT2D eigenvalue weighted by molar-refractivity contribution is 7.88. The van der Waals surface area contributed by atoms with Gasteiger partial charge >= 0.3 is 0 Å². The number of para-hydroxylation sites is 1. The number of carbonyl (C=O) groups is 5.